The summed E-state index contributed by atoms with van der Waals surface area (Å²) >= 11 is 0. The molecule has 0 bridgehead atoms. The van der Waals surface area contributed by atoms with Crippen LogP contribution in [-0.4, -0.2) is 60.5 Å². The SMILES string of the molecule is CCN(C)CCC(=O)N(C)CCC(=O)O. The molecule has 0 aromatic heterocycles. The van der Waals surface area contributed by atoms with E-state index in [2.05, 4.69) is 0 Å². The van der Waals surface area contributed by atoms with Gasteiger partial charge in [-0.2, -0.15) is 0 Å². The number of nitrogens with zero attached hydrogens (tertiary/aromatic N) is 2. The van der Waals surface area contributed by atoms with Crippen molar-refractivity contribution < 1.29 is 14.7 Å². The first-order valence-corrected chi connectivity index (χ1v) is 5.11. The van der Waals surface area contributed by atoms with Gasteiger partial charge in [0.25, 0.3) is 0 Å². The summed E-state index contributed by atoms with van der Waals surface area (Å²) in [6.45, 7) is 3.93. The zero-order valence-corrected chi connectivity index (χ0v) is 9.69. The second-order valence-corrected chi connectivity index (χ2v) is 3.60. The first kappa shape index (κ1) is 13.9. The molecule has 0 unspecified atom stereocenters. The van der Waals surface area contributed by atoms with Crippen molar-refractivity contribution >= 4 is 11.9 Å². The molecule has 0 rings (SSSR count). The Morgan fingerprint density at radius 1 is 1.13 bits per heavy atom. The van der Waals surface area contributed by atoms with E-state index in [4.69, 9.17) is 5.11 Å². The molecule has 0 radical (unpaired) electrons. The normalized spacial score (nSPS) is 10.4. The van der Waals surface area contributed by atoms with Crippen LogP contribution in [-0.2, 0) is 9.59 Å². The van der Waals surface area contributed by atoms with E-state index in [1.54, 1.807) is 7.05 Å². The molecule has 0 fully saturated rings. The van der Waals surface area contributed by atoms with Gasteiger partial charge in [0.05, 0.1) is 6.42 Å². The molecule has 88 valence electrons. The average molecular weight is 216 g/mol. The van der Waals surface area contributed by atoms with E-state index < -0.39 is 5.97 Å². The van der Waals surface area contributed by atoms with Crippen LogP contribution in [0.1, 0.15) is 19.8 Å². The van der Waals surface area contributed by atoms with Crippen molar-refractivity contribution in [2.24, 2.45) is 0 Å². The molecular weight excluding hydrogens is 196 g/mol. The molecule has 15 heavy (non-hydrogen) atoms. The van der Waals surface area contributed by atoms with Crippen LogP contribution in [0.2, 0.25) is 0 Å². The molecule has 0 aliphatic carbocycles. The van der Waals surface area contributed by atoms with Crippen LogP contribution in [0.15, 0.2) is 0 Å². The summed E-state index contributed by atoms with van der Waals surface area (Å²) in [5.74, 6) is -0.878. The van der Waals surface area contributed by atoms with Crippen molar-refractivity contribution in [2.45, 2.75) is 19.8 Å². The van der Waals surface area contributed by atoms with Gasteiger partial charge in [-0.3, -0.25) is 9.59 Å². The molecule has 0 spiro atoms. The van der Waals surface area contributed by atoms with Gasteiger partial charge < -0.3 is 14.9 Å². The van der Waals surface area contributed by atoms with E-state index >= 15 is 0 Å². The average Bonchev–Trinajstić information content (AvgIpc) is 2.21. The fraction of sp³-hybridized carbons (Fsp3) is 0.800. The summed E-state index contributed by atoms with van der Waals surface area (Å²) < 4.78 is 0. The molecule has 0 atom stereocenters. The second kappa shape index (κ2) is 7.23. The quantitative estimate of drug-likeness (QED) is 0.663. The van der Waals surface area contributed by atoms with E-state index in [9.17, 15) is 9.59 Å². The van der Waals surface area contributed by atoms with Gasteiger partial charge in [-0.25, -0.2) is 0 Å². The Morgan fingerprint density at radius 3 is 2.20 bits per heavy atom. The molecule has 0 saturated heterocycles. The van der Waals surface area contributed by atoms with Gasteiger partial charge in [0.1, 0.15) is 0 Å². The van der Waals surface area contributed by atoms with Gasteiger partial charge in [0.15, 0.2) is 0 Å². The third kappa shape index (κ3) is 6.90. The van der Waals surface area contributed by atoms with Gasteiger partial charge in [-0.15, -0.1) is 0 Å². The fourth-order valence-electron chi connectivity index (χ4n) is 1.02. The summed E-state index contributed by atoms with van der Waals surface area (Å²) in [6, 6.07) is 0. The van der Waals surface area contributed by atoms with Crippen molar-refractivity contribution in [2.75, 3.05) is 33.7 Å². The molecule has 5 nitrogen and oxygen atoms in total. The van der Waals surface area contributed by atoms with Crippen molar-refractivity contribution in [1.82, 2.24) is 9.80 Å². The molecule has 0 aromatic carbocycles. The second-order valence-electron chi connectivity index (χ2n) is 3.60. The van der Waals surface area contributed by atoms with Crippen molar-refractivity contribution in [1.29, 1.82) is 0 Å². The number of carboxylic acid groups (broad SMARTS) is 1. The van der Waals surface area contributed by atoms with Gasteiger partial charge in [0.2, 0.25) is 5.91 Å². The van der Waals surface area contributed by atoms with Gasteiger partial charge in [-0.05, 0) is 13.6 Å². The molecule has 0 aromatic rings. The molecule has 1 amide bonds. The Bertz CT molecular complexity index is 219. The Balaban J connectivity index is 3.74. The molecule has 5 heteroatoms. The zero-order chi connectivity index (χ0) is 11.8. The number of carbonyl (C=O) groups excluding carboxylic acids is 1. The largest absolute Gasteiger partial charge is 0.481 e. The summed E-state index contributed by atoms with van der Waals surface area (Å²) in [5.41, 5.74) is 0. The van der Waals surface area contributed by atoms with Crippen molar-refractivity contribution in [3.05, 3.63) is 0 Å². The number of rotatable bonds is 7. The lowest BCUT2D eigenvalue weighted by atomic mass is 10.3. The lowest BCUT2D eigenvalue weighted by Gasteiger charge is -2.18. The Morgan fingerprint density at radius 2 is 1.73 bits per heavy atom. The lowest BCUT2D eigenvalue weighted by molar-refractivity contribution is -0.138. The number of carboxylic acids is 1. The predicted octanol–water partition coefficient (Wildman–Crippen LogP) is 0.261. The number of amides is 1. The number of aliphatic carboxylic acids is 1. The number of hydrogen-bond donors (Lipinski definition) is 1. The monoisotopic (exact) mass is 216 g/mol. The van der Waals surface area contributed by atoms with Crippen molar-refractivity contribution in [3.8, 4) is 0 Å². The van der Waals surface area contributed by atoms with Crippen molar-refractivity contribution in [3.63, 3.8) is 0 Å². The van der Waals surface area contributed by atoms with Gasteiger partial charge in [0, 0.05) is 26.6 Å². The van der Waals surface area contributed by atoms with E-state index in [1.165, 1.54) is 4.90 Å². The molecular formula is C10H20N2O3. The standard InChI is InChI=1S/C10H20N2O3/c1-4-11(2)7-5-9(13)12(3)8-6-10(14)15/h4-8H2,1-3H3,(H,14,15). The molecule has 0 heterocycles. The van der Waals surface area contributed by atoms with Crippen LogP contribution in [0.25, 0.3) is 0 Å². The highest BCUT2D eigenvalue weighted by Gasteiger charge is 2.10. The first-order chi connectivity index (χ1) is 6.97. The smallest absolute Gasteiger partial charge is 0.305 e. The van der Waals surface area contributed by atoms with E-state index in [0.717, 1.165) is 6.54 Å². The third-order valence-electron chi connectivity index (χ3n) is 2.33. The van der Waals surface area contributed by atoms with Gasteiger partial charge in [-0.1, -0.05) is 6.92 Å². The molecule has 0 aliphatic heterocycles. The highest BCUT2D eigenvalue weighted by molar-refractivity contribution is 5.76. The topological polar surface area (TPSA) is 60.9 Å². The van der Waals surface area contributed by atoms with Crippen LogP contribution in [0.4, 0.5) is 0 Å². The fourth-order valence-corrected chi connectivity index (χ4v) is 1.02. The maximum atomic E-state index is 11.5. The number of carbonyl (C=O) groups is 2. The minimum Gasteiger partial charge on any atom is -0.481 e. The Hall–Kier alpha value is -1.10. The van der Waals surface area contributed by atoms with E-state index in [0.29, 0.717) is 13.0 Å². The molecule has 0 saturated carbocycles. The maximum absolute atomic E-state index is 11.5. The predicted molar refractivity (Wildman–Crippen MR) is 57.7 cm³/mol. The van der Waals surface area contributed by atoms with Crippen LogP contribution < -0.4 is 0 Å². The number of hydrogen-bond acceptors (Lipinski definition) is 3. The summed E-state index contributed by atoms with van der Waals surface area (Å²) in [7, 11) is 3.59. The van der Waals surface area contributed by atoms with Crippen LogP contribution in [0.3, 0.4) is 0 Å². The summed E-state index contributed by atoms with van der Waals surface area (Å²) in [4.78, 5) is 25.3. The Kier molecular flexibility index (Phi) is 6.70. The lowest BCUT2D eigenvalue weighted by Crippen LogP contribution is -2.32. The molecule has 0 aliphatic rings. The first-order valence-electron chi connectivity index (χ1n) is 5.11. The van der Waals surface area contributed by atoms with Crippen LogP contribution in [0, 0.1) is 0 Å². The zero-order valence-electron chi connectivity index (χ0n) is 9.69. The minimum atomic E-state index is -0.875. The summed E-state index contributed by atoms with van der Waals surface area (Å²) in [6.07, 6.45) is 0.451. The van der Waals surface area contributed by atoms with Crippen LogP contribution >= 0.6 is 0 Å². The summed E-state index contributed by atoms with van der Waals surface area (Å²) in [5, 5.41) is 8.45. The third-order valence-corrected chi connectivity index (χ3v) is 2.33. The van der Waals surface area contributed by atoms with Gasteiger partial charge >= 0.3 is 5.97 Å². The minimum absolute atomic E-state index is 0.00319. The Labute approximate surface area is 90.7 Å². The van der Waals surface area contributed by atoms with Crippen LogP contribution in [0.5, 0.6) is 0 Å². The van der Waals surface area contributed by atoms with E-state index in [-0.39, 0.29) is 18.9 Å². The molecule has 1 N–H and O–H groups in total. The maximum Gasteiger partial charge on any atom is 0.305 e. The highest BCUT2D eigenvalue weighted by atomic mass is 16.4. The highest BCUT2D eigenvalue weighted by Crippen LogP contribution is 1.95. The van der Waals surface area contributed by atoms with E-state index in [1.807, 2.05) is 18.9 Å².